The average molecular weight is 349 g/mol. The lowest BCUT2D eigenvalue weighted by molar-refractivity contribution is -0.301. The molecule has 0 aromatic heterocycles. The number of hydrogen-bond donors (Lipinski definition) is 0. The molecule has 1 amide bonds. The molecule has 25 heavy (non-hydrogen) atoms. The summed E-state index contributed by atoms with van der Waals surface area (Å²) in [5.41, 5.74) is 0.541. The van der Waals surface area contributed by atoms with Gasteiger partial charge in [-0.3, -0.25) is 4.79 Å². The second-order valence-corrected chi connectivity index (χ2v) is 7.17. The van der Waals surface area contributed by atoms with E-state index in [9.17, 15) is 4.79 Å². The van der Waals surface area contributed by atoms with Gasteiger partial charge in [-0.25, -0.2) is 0 Å². The number of ether oxygens (including phenoxy) is 4. The summed E-state index contributed by atoms with van der Waals surface area (Å²) in [7, 11) is 0. The summed E-state index contributed by atoms with van der Waals surface area (Å²) in [5, 5.41) is 0. The predicted octanol–water partition coefficient (Wildman–Crippen LogP) is 2.71. The number of carbonyl (C=O) groups is 1. The second-order valence-electron chi connectivity index (χ2n) is 7.17. The highest BCUT2D eigenvalue weighted by atomic mass is 16.7. The van der Waals surface area contributed by atoms with Crippen LogP contribution >= 0.6 is 0 Å². The molecular weight excluding hydrogens is 322 g/mol. The smallest absolute Gasteiger partial charge is 0.254 e. The van der Waals surface area contributed by atoms with E-state index in [1.807, 2.05) is 32.6 Å². The molecule has 6 heteroatoms. The topological polar surface area (TPSA) is 57.2 Å². The van der Waals surface area contributed by atoms with Crippen LogP contribution in [0.15, 0.2) is 18.2 Å². The molecule has 0 aliphatic carbocycles. The first-order valence-electron chi connectivity index (χ1n) is 8.85. The van der Waals surface area contributed by atoms with Crippen molar-refractivity contribution in [1.82, 2.24) is 4.90 Å². The van der Waals surface area contributed by atoms with Crippen LogP contribution in [0.1, 0.15) is 38.1 Å². The van der Waals surface area contributed by atoms with Gasteiger partial charge in [-0.1, -0.05) is 0 Å². The summed E-state index contributed by atoms with van der Waals surface area (Å²) in [6.07, 6.45) is 0. The van der Waals surface area contributed by atoms with Crippen LogP contribution in [0.2, 0.25) is 0 Å². The zero-order valence-corrected chi connectivity index (χ0v) is 15.5. The van der Waals surface area contributed by atoms with E-state index < -0.39 is 5.79 Å². The Morgan fingerprint density at radius 2 is 1.68 bits per heavy atom. The second kappa shape index (κ2) is 6.84. The Morgan fingerprint density at radius 1 is 1.08 bits per heavy atom. The Balaban J connectivity index is 1.65. The standard InChI is InChI=1S/C19H27NO5/c1-5-22-15-8-7-14(9-16(15)23-6-2)17(21)20-10-19(11-20)12-24-18(3,4)25-13-19/h7-9H,5-6,10-13H2,1-4H3. The summed E-state index contributed by atoms with van der Waals surface area (Å²) in [6.45, 7) is 11.3. The molecule has 0 saturated carbocycles. The van der Waals surface area contributed by atoms with Crippen LogP contribution in [0, 0.1) is 5.41 Å². The SMILES string of the molecule is CCOc1ccc(C(=O)N2CC3(COC(C)(C)OC3)C2)cc1OCC. The molecule has 2 aliphatic rings. The molecular formula is C19H27NO5. The lowest BCUT2D eigenvalue weighted by Gasteiger charge is -2.54. The normalized spacial score (nSPS) is 20.9. The van der Waals surface area contributed by atoms with Gasteiger partial charge >= 0.3 is 0 Å². The van der Waals surface area contributed by atoms with Crippen molar-refractivity contribution in [2.45, 2.75) is 33.5 Å². The quantitative estimate of drug-likeness (QED) is 0.818. The van der Waals surface area contributed by atoms with Gasteiger partial charge in [-0.15, -0.1) is 0 Å². The first-order valence-corrected chi connectivity index (χ1v) is 8.85. The minimum atomic E-state index is -0.531. The van der Waals surface area contributed by atoms with E-state index in [1.54, 1.807) is 18.2 Å². The van der Waals surface area contributed by atoms with Gasteiger partial charge in [0.15, 0.2) is 17.3 Å². The lowest BCUT2D eigenvalue weighted by Crippen LogP contribution is -2.65. The van der Waals surface area contributed by atoms with E-state index in [0.717, 1.165) is 0 Å². The monoisotopic (exact) mass is 349 g/mol. The maximum absolute atomic E-state index is 12.8. The van der Waals surface area contributed by atoms with Crippen LogP contribution in [0.3, 0.4) is 0 Å². The minimum absolute atomic E-state index is 0.000500. The number of benzene rings is 1. The van der Waals surface area contributed by atoms with E-state index in [1.165, 1.54) is 0 Å². The number of hydrogen-bond acceptors (Lipinski definition) is 5. The molecule has 0 atom stereocenters. The van der Waals surface area contributed by atoms with E-state index in [2.05, 4.69) is 0 Å². The maximum atomic E-state index is 12.8. The van der Waals surface area contributed by atoms with Crippen LogP contribution in [-0.2, 0) is 9.47 Å². The van der Waals surface area contributed by atoms with Gasteiger partial charge in [-0.05, 0) is 45.9 Å². The van der Waals surface area contributed by atoms with Gasteiger partial charge in [0.2, 0.25) is 0 Å². The number of rotatable bonds is 5. The summed E-state index contributed by atoms with van der Waals surface area (Å²) < 4.78 is 22.7. The first-order chi connectivity index (χ1) is 11.9. The van der Waals surface area contributed by atoms with Crippen LogP contribution in [-0.4, -0.2) is 56.1 Å². The molecule has 2 fully saturated rings. The Morgan fingerprint density at radius 3 is 2.28 bits per heavy atom. The van der Waals surface area contributed by atoms with Crippen molar-refractivity contribution in [3.05, 3.63) is 23.8 Å². The third kappa shape index (κ3) is 3.75. The molecule has 3 rings (SSSR count). The number of nitrogens with zero attached hydrogens (tertiary/aromatic N) is 1. The zero-order valence-electron chi connectivity index (χ0n) is 15.5. The van der Waals surface area contributed by atoms with Gasteiger partial charge in [0, 0.05) is 18.7 Å². The number of carbonyl (C=O) groups excluding carboxylic acids is 1. The van der Waals surface area contributed by atoms with Gasteiger partial charge in [-0.2, -0.15) is 0 Å². The van der Waals surface area contributed by atoms with E-state index >= 15 is 0 Å². The Bertz CT molecular complexity index is 625. The largest absolute Gasteiger partial charge is 0.490 e. The van der Waals surface area contributed by atoms with Crippen molar-refractivity contribution in [3.8, 4) is 11.5 Å². The molecule has 2 heterocycles. The predicted molar refractivity (Wildman–Crippen MR) is 93.1 cm³/mol. The van der Waals surface area contributed by atoms with E-state index in [-0.39, 0.29) is 11.3 Å². The summed E-state index contributed by atoms with van der Waals surface area (Å²) >= 11 is 0. The fourth-order valence-corrected chi connectivity index (χ4v) is 3.19. The van der Waals surface area contributed by atoms with Gasteiger partial charge < -0.3 is 23.8 Å². The van der Waals surface area contributed by atoms with Crippen molar-refractivity contribution in [1.29, 1.82) is 0 Å². The fraction of sp³-hybridized carbons (Fsp3) is 0.632. The van der Waals surface area contributed by atoms with Crippen molar-refractivity contribution in [2.24, 2.45) is 5.41 Å². The number of likely N-dealkylation sites (tertiary alicyclic amines) is 1. The van der Waals surface area contributed by atoms with Gasteiger partial charge in [0.25, 0.3) is 5.91 Å². The maximum Gasteiger partial charge on any atom is 0.254 e. The Hall–Kier alpha value is -1.79. The van der Waals surface area contributed by atoms with Crippen LogP contribution in [0.4, 0.5) is 0 Å². The molecule has 0 radical (unpaired) electrons. The van der Waals surface area contributed by atoms with E-state index in [4.69, 9.17) is 18.9 Å². The van der Waals surface area contributed by atoms with Crippen LogP contribution in [0.25, 0.3) is 0 Å². The average Bonchev–Trinajstić information content (AvgIpc) is 2.55. The summed E-state index contributed by atoms with van der Waals surface area (Å²) in [4.78, 5) is 14.6. The van der Waals surface area contributed by atoms with Crippen LogP contribution in [0.5, 0.6) is 11.5 Å². The summed E-state index contributed by atoms with van der Waals surface area (Å²) in [6, 6.07) is 5.35. The zero-order chi connectivity index (χ0) is 18.1. The van der Waals surface area contributed by atoms with E-state index in [0.29, 0.717) is 56.6 Å². The molecule has 0 unspecified atom stereocenters. The third-order valence-corrected chi connectivity index (χ3v) is 4.58. The van der Waals surface area contributed by atoms with Crippen LogP contribution < -0.4 is 9.47 Å². The third-order valence-electron chi connectivity index (χ3n) is 4.58. The molecule has 1 aromatic rings. The highest BCUT2D eigenvalue weighted by molar-refractivity contribution is 5.95. The molecule has 0 N–H and O–H groups in total. The lowest BCUT2D eigenvalue weighted by atomic mass is 9.80. The summed E-state index contributed by atoms with van der Waals surface area (Å²) in [5.74, 6) is 0.741. The molecule has 6 nitrogen and oxygen atoms in total. The van der Waals surface area contributed by atoms with Gasteiger partial charge in [0.1, 0.15) is 0 Å². The highest BCUT2D eigenvalue weighted by Gasteiger charge is 2.50. The molecule has 138 valence electrons. The molecule has 0 bridgehead atoms. The molecule has 2 aliphatic heterocycles. The fourth-order valence-electron chi connectivity index (χ4n) is 3.19. The van der Waals surface area contributed by atoms with Crippen molar-refractivity contribution in [3.63, 3.8) is 0 Å². The van der Waals surface area contributed by atoms with Crippen molar-refractivity contribution < 1.29 is 23.7 Å². The highest BCUT2D eigenvalue weighted by Crippen LogP contribution is 2.38. The molecule has 2 saturated heterocycles. The molecule has 1 spiro atoms. The minimum Gasteiger partial charge on any atom is -0.490 e. The number of amides is 1. The Kier molecular flexibility index (Phi) is 4.93. The Labute approximate surface area is 149 Å². The van der Waals surface area contributed by atoms with Crippen molar-refractivity contribution in [2.75, 3.05) is 39.5 Å². The van der Waals surface area contributed by atoms with Gasteiger partial charge in [0.05, 0.1) is 31.8 Å². The van der Waals surface area contributed by atoms with Crippen molar-refractivity contribution >= 4 is 5.91 Å². The first kappa shape index (κ1) is 18.0. The molecule has 1 aromatic carbocycles.